The topological polar surface area (TPSA) is 63.8 Å². The number of anilines is 3. The molecule has 0 bridgehead atoms. The van der Waals surface area contributed by atoms with Gasteiger partial charge in [-0.25, -0.2) is 9.97 Å². The predicted molar refractivity (Wildman–Crippen MR) is 107 cm³/mol. The molecule has 1 aliphatic carbocycles. The SMILES string of the molecule is CC(C)(C)C1CCc2c(sc3ncnc(Nc4ccc(N)cc4)c23)C1. The molecule has 130 valence electrons. The lowest BCUT2D eigenvalue weighted by molar-refractivity contribution is 0.218. The molecule has 0 fully saturated rings. The third-order valence-corrected chi connectivity index (χ3v) is 6.41. The number of aromatic nitrogens is 2. The van der Waals surface area contributed by atoms with E-state index < -0.39 is 0 Å². The van der Waals surface area contributed by atoms with E-state index in [1.165, 1.54) is 22.2 Å². The monoisotopic (exact) mass is 352 g/mol. The van der Waals surface area contributed by atoms with Gasteiger partial charge in [0.1, 0.15) is 17.0 Å². The summed E-state index contributed by atoms with van der Waals surface area (Å²) < 4.78 is 0. The van der Waals surface area contributed by atoms with Crippen molar-refractivity contribution in [2.75, 3.05) is 11.1 Å². The van der Waals surface area contributed by atoms with Crippen LogP contribution in [0.4, 0.5) is 17.2 Å². The summed E-state index contributed by atoms with van der Waals surface area (Å²) in [6.07, 6.45) is 5.16. The Morgan fingerprint density at radius 2 is 1.92 bits per heavy atom. The standard InChI is InChI=1S/C20H24N4S/c1-20(2,3)12-4-9-15-16(10-12)25-19-17(15)18(22-11-23-19)24-14-7-5-13(21)6-8-14/h5-8,11-12H,4,9-10,21H2,1-3H3,(H,22,23,24). The van der Waals surface area contributed by atoms with Crippen LogP contribution in [-0.4, -0.2) is 9.97 Å². The van der Waals surface area contributed by atoms with E-state index in [0.717, 1.165) is 40.8 Å². The van der Waals surface area contributed by atoms with Crippen LogP contribution in [0, 0.1) is 11.3 Å². The van der Waals surface area contributed by atoms with Crippen molar-refractivity contribution >= 4 is 38.7 Å². The number of thiophene rings is 1. The van der Waals surface area contributed by atoms with Crippen molar-refractivity contribution < 1.29 is 0 Å². The second-order valence-electron chi connectivity index (χ2n) is 7.96. The summed E-state index contributed by atoms with van der Waals surface area (Å²) >= 11 is 1.84. The van der Waals surface area contributed by atoms with Gasteiger partial charge in [-0.3, -0.25) is 0 Å². The molecular formula is C20H24N4S. The Bertz CT molecular complexity index is 906. The third kappa shape index (κ3) is 3.09. The van der Waals surface area contributed by atoms with Crippen molar-refractivity contribution in [1.29, 1.82) is 0 Å². The van der Waals surface area contributed by atoms with E-state index in [1.807, 2.05) is 35.6 Å². The summed E-state index contributed by atoms with van der Waals surface area (Å²) in [5.41, 5.74) is 9.34. The molecule has 0 aliphatic heterocycles. The second kappa shape index (κ2) is 5.99. The third-order valence-electron chi connectivity index (χ3n) is 5.24. The summed E-state index contributed by atoms with van der Waals surface area (Å²) in [5.74, 6) is 1.64. The van der Waals surface area contributed by atoms with Crippen molar-refractivity contribution in [2.24, 2.45) is 11.3 Å². The lowest BCUT2D eigenvalue weighted by Crippen LogP contribution is -2.26. The minimum Gasteiger partial charge on any atom is -0.399 e. The first kappa shape index (κ1) is 16.3. The quantitative estimate of drug-likeness (QED) is 0.625. The van der Waals surface area contributed by atoms with Crippen molar-refractivity contribution in [2.45, 2.75) is 40.0 Å². The molecule has 5 heteroatoms. The summed E-state index contributed by atoms with van der Waals surface area (Å²) in [7, 11) is 0. The minimum atomic E-state index is 0.352. The average Bonchev–Trinajstić information content (AvgIpc) is 2.95. The van der Waals surface area contributed by atoms with E-state index >= 15 is 0 Å². The van der Waals surface area contributed by atoms with Crippen LogP contribution in [0.2, 0.25) is 0 Å². The Balaban J connectivity index is 1.73. The number of aryl methyl sites for hydroxylation is 1. The zero-order chi connectivity index (χ0) is 17.6. The molecule has 1 aliphatic rings. The van der Waals surface area contributed by atoms with Gasteiger partial charge >= 0.3 is 0 Å². The Morgan fingerprint density at radius 3 is 2.64 bits per heavy atom. The van der Waals surface area contributed by atoms with Crippen LogP contribution in [0.25, 0.3) is 10.2 Å². The van der Waals surface area contributed by atoms with E-state index in [-0.39, 0.29) is 0 Å². The summed E-state index contributed by atoms with van der Waals surface area (Å²) in [4.78, 5) is 11.6. The maximum absolute atomic E-state index is 5.78. The Labute approximate surface area is 152 Å². The molecule has 0 saturated carbocycles. The van der Waals surface area contributed by atoms with E-state index in [2.05, 4.69) is 36.1 Å². The lowest BCUT2D eigenvalue weighted by Gasteiger charge is -2.33. The zero-order valence-corrected chi connectivity index (χ0v) is 15.8. The Morgan fingerprint density at radius 1 is 1.16 bits per heavy atom. The number of nitrogens with two attached hydrogens (primary N) is 1. The number of fused-ring (bicyclic) bond motifs is 3. The zero-order valence-electron chi connectivity index (χ0n) is 15.0. The second-order valence-corrected chi connectivity index (χ2v) is 9.04. The molecule has 2 heterocycles. The number of nitrogens with one attached hydrogen (secondary N) is 1. The van der Waals surface area contributed by atoms with Crippen LogP contribution >= 0.6 is 11.3 Å². The first-order valence-corrected chi connectivity index (χ1v) is 9.61. The van der Waals surface area contributed by atoms with Crippen LogP contribution in [0.15, 0.2) is 30.6 Å². The maximum Gasteiger partial charge on any atom is 0.142 e. The van der Waals surface area contributed by atoms with Crippen LogP contribution in [0.5, 0.6) is 0 Å². The highest BCUT2D eigenvalue weighted by molar-refractivity contribution is 7.19. The smallest absolute Gasteiger partial charge is 0.142 e. The molecule has 1 atom stereocenters. The van der Waals surface area contributed by atoms with Crippen molar-refractivity contribution in [3.63, 3.8) is 0 Å². The molecule has 4 rings (SSSR count). The number of hydrogen-bond donors (Lipinski definition) is 2. The Hall–Kier alpha value is -2.14. The van der Waals surface area contributed by atoms with Gasteiger partial charge in [-0.1, -0.05) is 20.8 Å². The first-order chi connectivity index (χ1) is 11.9. The highest BCUT2D eigenvalue weighted by Gasteiger charge is 2.31. The average molecular weight is 353 g/mol. The lowest BCUT2D eigenvalue weighted by atomic mass is 9.72. The van der Waals surface area contributed by atoms with Crippen LogP contribution in [-0.2, 0) is 12.8 Å². The van der Waals surface area contributed by atoms with Gasteiger partial charge in [0.05, 0.1) is 5.39 Å². The minimum absolute atomic E-state index is 0.352. The number of hydrogen-bond acceptors (Lipinski definition) is 5. The largest absolute Gasteiger partial charge is 0.399 e. The number of nitrogens with zero attached hydrogens (tertiary/aromatic N) is 2. The Kier molecular flexibility index (Phi) is 3.91. The van der Waals surface area contributed by atoms with Gasteiger partial charge in [-0.15, -0.1) is 11.3 Å². The summed E-state index contributed by atoms with van der Waals surface area (Å²) in [6, 6.07) is 7.77. The molecular weight excluding hydrogens is 328 g/mol. The van der Waals surface area contributed by atoms with E-state index in [0.29, 0.717) is 5.41 Å². The fourth-order valence-electron chi connectivity index (χ4n) is 3.65. The molecule has 0 saturated heterocycles. The molecule has 4 nitrogen and oxygen atoms in total. The molecule has 25 heavy (non-hydrogen) atoms. The number of benzene rings is 1. The molecule has 1 aromatic carbocycles. The maximum atomic E-state index is 5.78. The molecule has 2 aromatic heterocycles. The summed E-state index contributed by atoms with van der Waals surface area (Å²) in [6.45, 7) is 7.05. The van der Waals surface area contributed by atoms with Gasteiger partial charge in [0.25, 0.3) is 0 Å². The molecule has 0 spiro atoms. The van der Waals surface area contributed by atoms with Gasteiger partial charge in [-0.2, -0.15) is 0 Å². The fraction of sp³-hybridized carbons (Fsp3) is 0.400. The summed E-state index contributed by atoms with van der Waals surface area (Å²) in [5, 5.41) is 4.65. The molecule has 0 amide bonds. The van der Waals surface area contributed by atoms with Gasteiger partial charge in [-0.05, 0) is 60.4 Å². The van der Waals surface area contributed by atoms with Crippen LogP contribution in [0.3, 0.4) is 0 Å². The van der Waals surface area contributed by atoms with Crippen molar-refractivity contribution in [3.8, 4) is 0 Å². The highest BCUT2D eigenvalue weighted by Crippen LogP contribution is 2.44. The number of nitrogen functional groups attached to an aromatic ring is 1. The predicted octanol–water partition coefficient (Wildman–Crippen LogP) is 5.17. The van der Waals surface area contributed by atoms with Gasteiger partial charge in [0.15, 0.2) is 0 Å². The van der Waals surface area contributed by atoms with Crippen molar-refractivity contribution in [1.82, 2.24) is 9.97 Å². The first-order valence-electron chi connectivity index (χ1n) is 8.79. The van der Waals surface area contributed by atoms with E-state index in [9.17, 15) is 0 Å². The van der Waals surface area contributed by atoms with Gasteiger partial charge in [0, 0.05) is 16.3 Å². The molecule has 0 radical (unpaired) electrons. The molecule has 1 unspecified atom stereocenters. The van der Waals surface area contributed by atoms with E-state index in [1.54, 1.807) is 6.33 Å². The molecule has 3 aromatic rings. The van der Waals surface area contributed by atoms with Crippen LogP contribution < -0.4 is 11.1 Å². The normalized spacial score (nSPS) is 17.5. The van der Waals surface area contributed by atoms with E-state index in [4.69, 9.17) is 5.73 Å². The van der Waals surface area contributed by atoms with Gasteiger partial charge < -0.3 is 11.1 Å². The van der Waals surface area contributed by atoms with Crippen LogP contribution in [0.1, 0.15) is 37.6 Å². The van der Waals surface area contributed by atoms with Gasteiger partial charge in [0.2, 0.25) is 0 Å². The highest BCUT2D eigenvalue weighted by atomic mass is 32.1. The number of rotatable bonds is 2. The molecule has 3 N–H and O–H groups in total. The van der Waals surface area contributed by atoms with Crippen molar-refractivity contribution in [3.05, 3.63) is 41.0 Å². The fourth-order valence-corrected chi connectivity index (χ4v) is 4.91.